The van der Waals surface area contributed by atoms with Crippen LogP contribution in [0.4, 0.5) is 11.4 Å². The van der Waals surface area contributed by atoms with Crippen molar-refractivity contribution in [2.45, 2.75) is 6.92 Å². The Balaban J connectivity index is 1.50. The molecule has 2 aromatic rings. The highest BCUT2D eigenvalue weighted by Crippen LogP contribution is 2.27. The van der Waals surface area contributed by atoms with Gasteiger partial charge in [-0.15, -0.1) is 0 Å². The Bertz CT molecular complexity index is 773. The number of carbonyl (C=O) groups excluding carboxylic acids is 1. The maximum Gasteiger partial charge on any atom is 0.279 e. The number of piperazine rings is 1. The highest BCUT2D eigenvalue weighted by Gasteiger charge is 2.23. The number of anilines is 2. The van der Waals surface area contributed by atoms with E-state index in [1.54, 1.807) is 25.3 Å². The number of nitrogens with one attached hydrogen (secondary N) is 2. The number of hydrogen-bond donors (Lipinski definition) is 2. The van der Waals surface area contributed by atoms with Crippen LogP contribution >= 0.6 is 11.6 Å². The lowest BCUT2D eigenvalue weighted by molar-refractivity contribution is -0.892. The fraction of sp³-hybridized carbons (Fsp3) is 0.350. The number of rotatable bonds is 5. The summed E-state index contributed by atoms with van der Waals surface area (Å²) in [6.45, 7) is 6.42. The number of nitrogens with zero attached hydrogens (tertiary/aromatic N) is 1. The van der Waals surface area contributed by atoms with Crippen LogP contribution in [0.2, 0.25) is 5.02 Å². The normalized spacial score (nSPS) is 15.0. The van der Waals surface area contributed by atoms with Gasteiger partial charge in [0.1, 0.15) is 5.75 Å². The number of halogens is 1. The van der Waals surface area contributed by atoms with Gasteiger partial charge in [0.15, 0.2) is 6.54 Å². The zero-order chi connectivity index (χ0) is 18.5. The van der Waals surface area contributed by atoms with Crippen LogP contribution < -0.4 is 19.9 Å². The zero-order valence-electron chi connectivity index (χ0n) is 15.2. The van der Waals surface area contributed by atoms with E-state index in [0.29, 0.717) is 23.0 Å². The first-order valence-electron chi connectivity index (χ1n) is 8.84. The van der Waals surface area contributed by atoms with Gasteiger partial charge < -0.3 is 19.9 Å². The van der Waals surface area contributed by atoms with Crippen molar-refractivity contribution in [3.63, 3.8) is 0 Å². The molecule has 1 heterocycles. The summed E-state index contributed by atoms with van der Waals surface area (Å²) in [5.74, 6) is 0.605. The average Bonchev–Trinajstić information content (AvgIpc) is 2.63. The van der Waals surface area contributed by atoms with Crippen LogP contribution in [0.3, 0.4) is 0 Å². The molecule has 2 aromatic carbocycles. The highest BCUT2D eigenvalue weighted by atomic mass is 35.5. The van der Waals surface area contributed by atoms with Crippen molar-refractivity contribution in [2.24, 2.45) is 0 Å². The Labute approximate surface area is 159 Å². The van der Waals surface area contributed by atoms with E-state index in [1.807, 2.05) is 0 Å². The second kappa shape index (κ2) is 8.43. The Kier molecular flexibility index (Phi) is 6.01. The van der Waals surface area contributed by atoms with Crippen molar-refractivity contribution < 1.29 is 14.4 Å². The Morgan fingerprint density at radius 3 is 2.62 bits per heavy atom. The number of quaternary nitrogens is 1. The Hall–Kier alpha value is -2.24. The number of benzene rings is 2. The van der Waals surface area contributed by atoms with Crippen molar-refractivity contribution in [3.05, 3.63) is 53.1 Å². The van der Waals surface area contributed by atoms with Gasteiger partial charge in [0.05, 0.1) is 38.3 Å². The summed E-state index contributed by atoms with van der Waals surface area (Å²) >= 11 is 6.10. The number of ether oxygens (including phenoxy) is 1. The van der Waals surface area contributed by atoms with E-state index in [0.717, 1.165) is 26.2 Å². The fourth-order valence-electron chi connectivity index (χ4n) is 3.34. The van der Waals surface area contributed by atoms with Gasteiger partial charge in [-0.05, 0) is 36.8 Å². The summed E-state index contributed by atoms with van der Waals surface area (Å²) in [5.41, 5.74) is 3.28. The minimum Gasteiger partial charge on any atom is -0.495 e. The maximum absolute atomic E-state index is 12.3. The van der Waals surface area contributed by atoms with Crippen LogP contribution in [0.1, 0.15) is 5.56 Å². The minimum absolute atomic E-state index is 0.00516. The summed E-state index contributed by atoms with van der Waals surface area (Å²) in [6, 6.07) is 13.7. The first-order valence-corrected chi connectivity index (χ1v) is 9.22. The summed E-state index contributed by atoms with van der Waals surface area (Å²) < 4.78 is 5.13. The molecule has 0 unspecified atom stereocenters. The smallest absolute Gasteiger partial charge is 0.279 e. The molecule has 0 aliphatic carbocycles. The zero-order valence-corrected chi connectivity index (χ0v) is 16.0. The van der Waals surface area contributed by atoms with Crippen molar-refractivity contribution in [1.82, 2.24) is 0 Å². The molecular formula is C20H25ClN3O2+. The number of aryl methyl sites for hydroxylation is 1. The van der Waals surface area contributed by atoms with Gasteiger partial charge >= 0.3 is 0 Å². The van der Waals surface area contributed by atoms with E-state index in [-0.39, 0.29) is 5.91 Å². The summed E-state index contributed by atoms with van der Waals surface area (Å²) in [6.07, 6.45) is 0. The first-order chi connectivity index (χ1) is 12.6. The molecule has 3 rings (SSSR count). The molecule has 0 atom stereocenters. The standard InChI is InChI=1S/C20H24ClN3O2/c1-15-5-3-4-6-18(15)24-11-9-23(10-12-24)14-20(25)22-16-7-8-19(26-2)17(21)13-16/h3-8,13H,9-12,14H2,1-2H3,(H,22,25)/p+1. The van der Waals surface area contributed by atoms with E-state index in [9.17, 15) is 4.79 Å². The van der Waals surface area contributed by atoms with E-state index in [1.165, 1.54) is 16.2 Å². The molecular weight excluding hydrogens is 350 g/mol. The SMILES string of the molecule is COc1ccc(NC(=O)C[NH+]2CCN(c3ccccc3C)CC2)cc1Cl. The minimum atomic E-state index is 0.00516. The lowest BCUT2D eigenvalue weighted by Crippen LogP contribution is -3.15. The third kappa shape index (κ3) is 4.48. The van der Waals surface area contributed by atoms with Gasteiger partial charge in [0, 0.05) is 11.4 Å². The van der Waals surface area contributed by atoms with Crippen molar-refractivity contribution in [3.8, 4) is 5.75 Å². The number of para-hydroxylation sites is 1. The second-order valence-corrected chi connectivity index (χ2v) is 7.01. The molecule has 26 heavy (non-hydrogen) atoms. The van der Waals surface area contributed by atoms with E-state index in [2.05, 4.69) is 41.4 Å². The predicted molar refractivity (Wildman–Crippen MR) is 106 cm³/mol. The topological polar surface area (TPSA) is 46.0 Å². The molecule has 0 bridgehead atoms. The molecule has 5 nitrogen and oxygen atoms in total. The molecule has 6 heteroatoms. The molecule has 0 aromatic heterocycles. The number of amides is 1. The van der Waals surface area contributed by atoms with Crippen LogP contribution in [0.15, 0.2) is 42.5 Å². The van der Waals surface area contributed by atoms with E-state index in [4.69, 9.17) is 16.3 Å². The fourth-order valence-corrected chi connectivity index (χ4v) is 3.59. The van der Waals surface area contributed by atoms with Gasteiger partial charge in [0.2, 0.25) is 0 Å². The summed E-state index contributed by atoms with van der Waals surface area (Å²) in [7, 11) is 1.57. The third-order valence-corrected chi connectivity index (χ3v) is 5.07. The van der Waals surface area contributed by atoms with E-state index < -0.39 is 0 Å². The van der Waals surface area contributed by atoms with Gasteiger partial charge in [-0.25, -0.2) is 0 Å². The van der Waals surface area contributed by atoms with Crippen LogP contribution in [0, 0.1) is 6.92 Å². The van der Waals surface area contributed by atoms with Crippen LogP contribution in [0.25, 0.3) is 0 Å². The molecule has 1 aliphatic heterocycles. The average molecular weight is 375 g/mol. The first kappa shape index (κ1) is 18.5. The second-order valence-electron chi connectivity index (χ2n) is 6.60. The maximum atomic E-state index is 12.3. The summed E-state index contributed by atoms with van der Waals surface area (Å²) in [4.78, 5) is 16.0. The molecule has 0 spiro atoms. The lowest BCUT2D eigenvalue weighted by atomic mass is 10.1. The summed E-state index contributed by atoms with van der Waals surface area (Å²) in [5, 5.41) is 3.41. The van der Waals surface area contributed by atoms with Gasteiger partial charge in [-0.2, -0.15) is 0 Å². The van der Waals surface area contributed by atoms with Gasteiger partial charge in [0.25, 0.3) is 5.91 Å². The van der Waals surface area contributed by atoms with Gasteiger partial charge in [-0.1, -0.05) is 29.8 Å². The van der Waals surface area contributed by atoms with Crippen molar-refractivity contribution >= 4 is 28.9 Å². The van der Waals surface area contributed by atoms with E-state index >= 15 is 0 Å². The lowest BCUT2D eigenvalue weighted by Gasteiger charge is -2.34. The van der Waals surface area contributed by atoms with Gasteiger partial charge in [-0.3, -0.25) is 4.79 Å². The molecule has 1 fully saturated rings. The highest BCUT2D eigenvalue weighted by molar-refractivity contribution is 6.32. The van der Waals surface area contributed by atoms with Crippen molar-refractivity contribution in [2.75, 3.05) is 50.1 Å². The van der Waals surface area contributed by atoms with Crippen molar-refractivity contribution in [1.29, 1.82) is 0 Å². The predicted octanol–water partition coefficient (Wildman–Crippen LogP) is 2.00. The monoisotopic (exact) mass is 374 g/mol. The molecule has 2 N–H and O–H groups in total. The quantitative estimate of drug-likeness (QED) is 0.841. The van der Waals surface area contributed by atoms with Crippen LogP contribution in [-0.2, 0) is 4.79 Å². The Morgan fingerprint density at radius 2 is 1.96 bits per heavy atom. The number of hydrogen-bond acceptors (Lipinski definition) is 3. The third-order valence-electron chi connectivity index (χ3n) is 4.77. The largest absolute Gasteiger partial charge is 0.495 e. The Morgan fingerprint density at radius 1 is 1.23 bits per heavy atom. The van der Waals surface area contributed by atoms with Crippen LogP contribution in [0.5, 0.6) is 5.75 Å². The number of carbonyl (C=O) groups is 1. The molecule has 1 saturated heterocycles. The molecule has 0 radical (unpaired) electrons. The molecule has 1 amide bonds. The molecule has 138 valence electrons. The van der Waals surface area contributed by atoms with Crippen LogP contribution in [-0.4, -0.2) is 45.7 Å². The number of methoxy groups -OCH3 is 1. The molecule has 1 aliphatic rings. The molecule has 0 saturated carbocycles.